The lowest BCUT2D eigenvalue weighted by molar-refractivity contribution is -0.368. The smallest absolute Gasteiger partial charge is 0.251 e. The van der Waals surface area contributed by atoms with Crippen molar-refractivity contribution in [2.75, 3.05) is 46.8 Å². The maximum absolute atomic E-state index is 13.9. The summed E-state index contributed by atoms with van der Waals surface area (Å²) in [5.41, 5.74) is 0.0342. The maximum Gasteiger partial charge on any atom is 0.251 e. The number of carbonyl (C=O) groups is 5. The van der Waals surface area contributed by atoms with Gasteiger partial charge in [-0.15, -0.1) is 11.8 Å². The Hall–Kier alpha value is -5.07. The molecule has 0 radical (unpaired) electrons. The molecule has 7 rings (SSSR count). The van der Waals surface area contributed by atoms with Gasteiger partial charge in [0.25, 0.3) is 5.91 Å². The van der Waals surface area contributed by atoms with Gasteiger partial charge in [-0.3, -0.25) is 24.0 Å². The first-order chi connectivity index (χ1) is 47.2. The number of hydrogen-bond acceptors (Lipinski definition) is 31. The zero-order chi connectivity index (χ0) is 72.5. The standard InChI is InChI=1S/C63H99N5O31/c1-8-9-10-11-12-13-14-15-16-20-88-33-19-17-18-32(21-33)57(85)68-40-46(79)45(78)34(22-69)92-59(40)96-52-35(23-70)93-60(41(48(52)81)65-29(4)74)97-53-36(24-71)94-61(42(49(53)82)66-30(5)75)98-54-37(25-72)95-62(43(50(54)83)67-31(6)76)99-55-38(91-58(86)39(47(55)80)64-28(3)73)26-89-63-56(87-7)51(84)44(77)27(2)90-63/h17-19,21,27,34-56,58-63,69-72,77-84,86H,8-12,15-16,20,22-26H2,1-7H3,(H,64,73)(H,65,74)(H,66,75)(H,67,76)(H,68,85)/t27?,34?,35-,36?,37-,38?,39-,40?,41?,42-,43?,44+,45+,46+,47+,48?,49+,50?,51?,52+,53?,54+,55?,56+,58+,59-,60-,61-,62?,63+/m0/s1. The number of aliphatic hydroxyl groups excluding tert-OH is 13. The Morgan fingerprint density at radius 1 is 0.465 bits per heavy atom. The van der Waals surface area contributed by atoms with Crippen molar-refractivity contribution >= 4 is 29.5 Å². The molecule has 0 aromatic heterocycles. The van der Waals surface area contributed by atoms with Crippen molar-refractivity contribution in [2.24, 2.45) is 0 Å². The molecule has 18 N–H and O–H groups in total. The topological polar surface area (TPSA) is 528 Å². The third-order valence-electron chi connectivity index (χ3n) is 17.6. The van der Waals surface area contributed by atoms with Crippen LogP contribution in [0.15, 0.2) is 24.3 Å². The average Bonchev–Trinajstić information content (AvgIpc) is 0.771. The van der Waals surface area contributed by atoms with Crippen LogP contribution in [0.2, 0.25) is 0 Å². The molecule has 1 aromatic carbocycles. The van der Waals surface area contributed by atoms with Crippen molar-refractivity contribution in [1.82, 2.24) is 26.6 Å². The molecule has 6 aliphatic rings. The van der Waals surface area contributed by atoms with Gasteiger partial charge < -0.3 is 155 Å². The quantitative estimate of drug-likeness (QED) is 0.0251. The minimum atomic E-state index is -2.07. The van der Waals surface area contributed by atoms with Crippen LogP contribution >= 0.6 is 0 Å². The van der Waals surface area contributed by atoms with Gasteiger partial charge in [-0.05, 0) is 38.0 Å². The molecule has 0 aliphatic carbocycles. The molecular formula is C63H99N5O31. The Balaban J connectivity index is 1.07. The summed E-state index contributed by atoms with van der Waals surface area (Å²) in [6.45, 7) is 3.43. The normalized spacial score (nSPS) is 39.4. The molecule has 13 unspecified atom stereocenters. The zero-order valence-electron chi connectivity index (χ0n) is 56.0. The zero-order valence-corrected chi connectivity index (χ0v) is 56.0. The molecule has 36 heteroatoms. The van der Waals surface area contributed by atoms with Gasteiger partial charge in [0.15, 0.2) is 37.7 Å². The average molecular weight is 1420 g/mol. The first-order valence-corrected chi connectivity index (χ1v) is 33.0. The number of unbranched alkanes of at least 4 members (excludes halogenated alkanes) is 5. The molecule has 0 saturated carbocycles. The summed E-state index contributed by atoms with van der Waals surface area (Å²) in [4.78, 5) is 65.1. The molecule has 6 aliphatic heterocycles. The number of nitrogens with one attached hydrogen (secondary N) is 5. The van der Waals surface area contributed by atoms with Crippen molar-refractivity contribution in [1.29, 1.82) is 0 Å². The van der Waals surface area contributed by atoms with Crippen LogP contribution in [0.1, 0.15) is 96.8 Å². The monoisotopic (exact) mass is 1420 g/mol. The van der Waals surface area contributed by atoms with Crippen molar-refractivity contribution in [2.45, 2.75) is 270 Å². The molecule has 6 heterocycles. The molecule has 5 amide bonds. The second-order valence-corrected chi connectivity index (χ2v) is 25.1. The van der Waals surface area contributed by atoms with Gasteiger partial charge in [0, 0.05) is 53.2 Å². The second-order valence-electron chi connectivity index (χ2n) is 25.1. The van der Waals surface area contributed by atoms with Gasteiger partial charge in [0.1, 0.15) is 146 Å². The lowest BCUT2D eigenvalue weighted by Crippen LogP contribution is -2.72. The van der Waals surface area contributed by atoms with Crippen LogP contribution < -0.4 is 31.3 Å². The largest absolute Gasteiger partial charge is 0.494 e. The van der Waals surface area contributed by atoms with Gasteiger partial charge in [0.2, 0.25) is 23.6 Å². The number of hydrogen-bond donors (Lipinski definition) is 18. The van der Waals surface area contributed by atoms with E-state index in [1.54, 1.807) is 12.1 Å². The van der Waals surface area contributed by atoms with Gasteiger partial charge in [-0.2, -0.15) is 0 Å². The second kappa shape index (κ2) is 38.4. The summed E-state index contributed by atoms with van der Waals surface area (Å²) >= 11 is 0. The van der Waals surface area contributed by atoms with Crippen LogP contribution in [-0.4, -0.2) is 327 Å². The van der Waals surface area contributed by atoms with Crippen LogP contribution in [0.5, 0.6) is 5.75 Å². The fraction of sp³-hybridized carbons (Fsp3) is 0.794. The Bertz CT molecular complexity index is 2790. The number of amides is 5. The van der Waals surface area contributed by atoms with Crippen LogP contribution in [0.25, 0.3) is 0 Å². The molecule has 0 spiro atoms. The molecule has 6 saturated heterocycles. The fourth-order valence-corrected chi connectivity index (χ4v) is 12.5. The summed E-state index contributed by atoms with van der Waals surface area (Å²) in [6.07, 6.45) is -37.0. The van der Waals surface area contributed by atoms with Crippen LogP contribution in [0.4, 0.5) is 0 Å². The van der Waals surface area contributed by atoms with E-state index in [4.69, 9.17) is 61.6 Å². The van der Waals surface area contributed by atoms with E-state index in [0.29, 0.717) is 18.6 Å². The van der Waals surface area contributed by atoms with Crippen molar-refractivity contribution in [3.05, 3.63) is 29.8 Å². The van der Waals surface area contributed by atoms with Gasteiger partial charge in [0.05, 0.1) is 45.7 Å². The summed E-state index contributed by atoms with van der Waals surface area (Å²) in [5, 5.41) is 158. The predicted molar refractivity (Wildman–Crippen MR) is 332 cm³/mol. The van der Waals surface area contributed by atoms with Crippen LogP contribution in [0, 0.1) is 11.8 Å². The Labute approximate surface area is 571 Å². The van der Waals surface area contributed by atoms with Crippen molar-refractivity contribution in [3.8, 4) is 17.6 Å². The summed E-state index contributed by atoms with van der Waals surface area (Å²) in [7, 11) is 1.21. The van der Waals surface area contributed by atoms with E-state index in [0.717, 1.165) is 59.8 Å². The van der Waals surface area contributed by atoms with E-state index in [2.05, 4.69) is 45.3 Å². The van der Waals surface area contributed by atoms with E-state index in [-0.39, 0.29) is 12.2 Å². The highest BCUT2D eigenvalue weighted by molar-refractivity contribution is 5.94. The lowest BCUT2D eigenvalue weighted by Gasteiger charge is -2.51. The summed E-state index contributed by atoms with van der Waals surface area (Å²) in [5.74, 6) is 2.59. The molecule has 30 atom stereocenters. The minimum absolute atomic E-state index is 0.0342. The molecule has 6 fully saturated rings. The number of aliphatic hydroxyl groups is 13. The van der Waals surface area contributed by atoms with Crippen molar-refractivity contribution < 1.29 is 152 Å². The first-order valence-electron chi connectivity index (χ1n) is 33.0. The van der Waals surface area contributed by atoms with Crippen molar-refractivity contribution in [3.63, 3.8) is 0 Å². The summed E-state index contributed by atoms with van der Waals surface area (Å²) in [6, 6.07) is -2.53. The fourth-order valence-electron chi connectivity index (χ4n) is 12.5. The van der Waals surface area contributed by atoms with E-state index in [1.165, 1.54) is 26.2 Å². The van der Waals surface area contributed by atoms with Gasteiger partial charge >= 0.3 is 0 Å². The third-order valence-corrected chi connectivity index (χ3v) is 17.6. The van der Waals surface area contributed by atoms with Gasteiger partial charge in [-0.25, -0.2) is 0 Å². The number of carbonyl (C=O) groups excluding carboxylic acids is 5. The SMILES string of the molecule is CCCCCCC#CCCCOc1cccc(C(=O)NC2[C@H](O[C@H]3C(O)C(NC(C)=O)[C@H](OC4C(CO)O[C@@H](O[C@H]5C(O)C(NC(C)=O)C(OC6C(CO[C@@H]7OC(C)[C@@H](O)C(O)[C@H]7OC)O[C@@H](O)[C@@H](NC(C)=O)[C@H]6O)O[C@H]5CO)[C@@H](NC(C)=O)[C@H]4O)O[C@H]3CO)OC(CO)[C@@H](O)[C@@H]2O)c1. The Morgan fingerprint density at radius 2 is 0.899 bits per heavy atom. The molecule has 562 valence electrons. The van der Waals surface area contributed by atoms with E-state index < -0.39 is 246 Å². The van der Waals surface area contributed by atoms with Crippen LogP contribution in [-0.2, 0) is 76.0 Å². The highest BCUT2D eigenvalue weighted by atomic mass is 16.8. The summed E-state index contributed by atoms with van der Waals surface area (Å²) < 4.78 is 77.9. The lowest BCUT2D eigenvalue weighted by atomic mass is 9.93. The maximum atomic E-state index is 13.9. The number of ether oxygens (including phenoxy) is 13. The molecule has 99 heavy (non-hydrogen) atoms. The van der Waals surface area contributed by atoms with E-state index in [1.807, 2.05) is 0 Å². The van der Waals surface area contributed by atoms with E-state index >= 15 is 0 Å². The molecule has 0 bridgehead atoms. The minimum Gasteiger partial charge on any atom is -0.494 e. The number of benzene rings is 1. The van der Waals surface area contributed by atoms with Gasteiger partial charge in [-0.1, -0.05) is 32.3 Å². The van der Waals surface area contributed by atoms with E-state index in [9.17, 15) is 90.4 Å². The van der Waals surface area contributed by atoms with Crippen LogP contribution in [0.3, 0.4) is 0 Å². The highest BCUT2D eigenvalue weighted by Gasteiger charge is 2.58. The Kier molecular flexibility index (Phi) is 31.5. The first kappa shape index (κ1) is 81.2. The highest BCUT2D eigenvalue weighted by Crippen LogP contribution is 2.37. The molecular weight excluding hydrogens is 1320 g/mol. The predicted octanol–water partition coefficient (Wildman–Crippen LogP) is -7.27. The number of methoxy groups -OCH3 is 1. The third kappa shape index (κ3) is 20.9. The molecule has 1 aromatic rings. The Morgan fingerprint density at radius 3 is 1.35 bits per heavy atom. The number of rotatable bonds is 30. The molecule has 36 nitrogen and oxygen atoms in total.